The molecule has 0 spiro atoms. The Labute approximate surface area is 233 Å². The number of para-hydroxylation sites is 1. The van der Waals surface area contributed by atoms with Crippen molar-refractivity contribution in [3.63, 3.8) is 0 Å². The number of carbonyl (C=O) groups is 2. The molecule has 0 saturated carbocycles. The Morgan fingerprint density at radius 1 is 1.08 bits per heavy atom. The zero-order valence-corrected chi connectivity index (χ0v) is 23.6. The van der Waals surface area contributed by atoms with Gasteiger partial charge >= 0.3 is 0 Å². The van der Waals surface area contributed by atoms with Crippen LogP contribution in [0.4, 0.5) is 5.13 Å². The highest BCUT2D eigenvalue weighted by Crippen LogP contribution is 2.26. The monoisotopic (exact) mass is 623 g/mol. The molecule has 2 amide bonds. The van der Waals surface area contributed by atoms with Gasteiger partial charge in [-0.2, -0.15) is 0 Å². The summed E-state index contributed by atoms with van der Waals surface area (Å²) in [4.78, 5) is 25.2. The van der Waals surface area contributed by atoms with Crippen LogP contribution in [0.2, 0.25) is 5.02 Å². The van der Waals surface area contributed by atoms with Gasteiger partial charge in [0, 0.05) is 10.2 Å². The van der Waals surface area contributed by atoms with Crippen LogP contribution >= 0.6 is 62.4 Å². The molecule has 0 atom stereocenters. The number of hydrogen-bond acceptors (Lipinski definition) is 9. The lowest BCUT2D eigenvalue weighted by atomic mass is 10.2. The van der Waals surface area contributed by atoms with E-state index in [1.165, 1.54) is 23.1 Å². The number of nitrogens with zero attached hydrogens (tertiary/aromatic N) is 5. The molecule has 4 rings (SSSR count). The van der Waals surface area contributed by atoms with E-state index in [0.717, 1.165) is 20.3 Å². The zero-order valence-electron chi connectivity index (χ0n) is 18.8. The molecule has 0 bridgehead atoms. The Balaban J connectivity index is 1.46. The zero-order chi connectivity index (χ0) is 25.5. The summed E-state index contributed by atoms with van der Waals surface area (Å²) < 4.78 is 3.36. The lowest BCUT2D eigenvalue weighted by molar-refractivity contribution is -0.113. The number of thioether (sulfide) groups is 2. The van der Waals surface area contributed by atoms with E-state index in [9.17, 15) is 9.59 Å². The summed E-state index contributed by atoms with van der Waals surface area (Å²) >= 11 is 13.7. The molecule has 186 valence electrons. The lowest BCUT2D eigenvalue weighted by Gasteiger charge is -2.11. The maximum Gasteiger partial charge on any atom is 0.253 e. The normalized spacial score (nSPS) is 10.9. The lowest BCUT2D eigenvalue weighted by Crippen LogP contribution is -2.25. The molecule has 36 heavy (non-hydrogen) atoms. The first kappa shape index (κ1) is 26.6. The molecule has 0 aliphatic carbocycles. The molecule has 0 saturated heterocycles. The predicted molar refractivity (Wildman–Crippen MR) is 147 cm³/mol. The molecular weight excluding hydrogens is 606 g/mol. The largest absolute Gasteiger partial charge is 0.345 e. The SMILES string of the molecule is CCSc1nnc(NC(=O)CSc2nnc(CNC(=O)c3cc(Br)ccc3Cl)n2-c2ccccc2)s1. The summed E-state index contributed by atoms with van der Waals surface area (Å²) in [7, 11) is 0. The Morgan fingerprint density at radius 3 is 2.67 bits per heavy atom. The summed E-state index contributed by atoms with van der Waals surface area (Å²) in [6, 6.07) is 14.6. The van der Waals surface area contributed by atoms with Gasteiger partial charge in [-0.05, 0) is 36.1 Å². The summed E-state index contributed by atoms with van der Waals surface area (Å²) in [6.07, 6.45) is 0. The second kappa shape index (κ2) is 12.7. The Bertz CT molecular complexity index is 1370. The van der Waals surface area contributed by atoms with E-state index >= 15 is 0 Å². The number of hydrogen-bond donors (Lipinski definition) is 2. The molecule has 14 heteroatoms. The molecule has 0 radical (unpaired) electrons. The van der Waals surface area contributed by atoms with Crippen molar-refractivity contribution in [1.29, 1.82) is 0 Å². The van der Waals surface area contributed by atoms with Gasteiger partial charge in [0.2, 0.25) is 11.0 Å². The standard InChI is InChI=1S/C22H19BrClN7O2S3/c1-2-34-22-30-28-20(36-22)26-18(32)12-35-21-29-27-17(31(21)14-6-4-3-5-7-14)11-25-19(33)15-10-13(23)8-9-16(15)24/h3-10H,2,11-12H2,1H3,(H,25,33)(H,26,28,32). The van der Waals surface area contributed by atoms with Crippen LogP contribution in [0.3, 0.4) is 0 Å². The molecule has 2 heterocycles. The van der Waals surface area contributed by atoms with Crippen LogP contribution in [0.15, 0.2) is 62.5 Å². The maximum atomic E-state index is 12.7. The number of amides is 2. The van der Waals surface area contributed by atoms with E-state index in [-0.39, 0.29) is 24.1 Å². The van der Waals surface area contributed by atoms with Crippen LogP contribution in [-0.4, -0.2) is 48.3 Å². The summed E-state index contributed by atoms with van der Waals surface area (Å²) in [5.41, 5.74) is 1.15. The van der Waals surface area contributed by atoms with Gasteiger partial charge in [-0.15, -0.1) is 20.4 Å². The third kappa shape index (κ3) is 6.85. The van der Waals surface area contributed by atoms with Crippen LogP contribution in [0, 0.1) is 0 Å². The fourth-order valence-corrected chi connectivity index (χ4v) is 6.00. The number of halogens is 2. The Kier molecular flexibility index (Phi) is 9.37. The maximum absolute atomic E-state index is 12.7. The number of benzene rings is 2. The summed E-state index contributed by atoms with van der Waals surface area (Å²) in [6.45, 7) is 2.14. The molecule has 0 aliphatic heterocycles. The highest BCUT2D eigenvalue weighted by molar-refractivity contribution is 9.10. The summed E-state index contributed by atoms with van der Waals surface area (Å²) in [5, 5.41) is 23.5. The van der Waals surface area contributed by atoms with E-state index in [1.54, 1.807) is 30.0 Å². The Hall–Kier alpha value is -2.45. The highest BCUT2D eigenvalue weighted by Gasteiger charge is 2.18. The van der Waals surface area contributed by atoms with Crippen molar-refractivity contribution in [2.45, 2.75) is 23.0 Å². The van der Waals surface area contributed by atoms with Crippen molar-refractivity contribution in [2.75, 3.05) is 16.8 Å². The number of anilines is 1. The molecule has 2 aromatic heterocycles. The van der Waals surface area contributed by atoms with Gasteiger partial charge in [-0.3, -0.25) is 19.5 Å². The minimum Gasteiger partial charge on any atom is -0.345 e. The number of nitrogens with one attached hydrogen (secondary N) is 2. The van der Waals surface area contributed by atoms with Gasteiger partial charge in [0.15, 0.2) is 15.3 Å². The van der Waals surface area contributed by atoms with Crippen molar-refractivity contribution >= 4 is 79.3 Å². The van der Waals surface area contributed by atoms with Crippen LogP contribution in [0.25, 0.3) is 5.69 Å². The van der Waals surface area contributed by atoms with Crippen LogP contribution < -0.4 is 10.6 Å². The first-order chi connectivity index (χ1) is 17.4. The third-order valence-corrected chi connectivity index (χ3v) is 8.15. The highest BCUT2D eigenvalue weighted by atomic mass is 79.9. The van der Waals surface area contributed by atoms with Crippen molar-refractivity contribution in [2.24, 2.45) is 0 Å². The molecule has 0 fully saturated rings. The molecular formula is C22H19BrClN7O2S3. The molecule has 0 aliphatic rings. The van der Waals surface area contributed by atoms with Gasteiger partial charge in [-0.1, -0.05) is 87.5 Å². The van der Waals surface area contributed by atoms with Crippen molar-refractivity contribution in [3.8, 4) is 5.69 Å². The molecule has 9 nitrogen and oxygen atoms in total. The van der Waals surface area contributed by atoms with Crippen molar-refractivity contribution < 1.29 is 9.59 Å². The van der Waals surface area contributed by atoms with E-state index in [0.29, 0.717) is 26.7 Å². The predicted octanol–water partition coefficient (Wildman–Crippen LogP) is 5.31. The van der Waals surface area contributed by atoms with Crippen molar-refractivity contribution in [1.82, 2.24) is 30.3 Å². The molecule has 0 unspecified atom stereocenters. The minimum atomic E-state index is -0.338. The number of carbonyl (C=O) groups excluding carboxylic acids is 2. The summed E-state index contributed by atoms with van der Waals surface area (Å²) in [5.74, 6) is 0.919. The van der Waals surface area contributed by atoms with Gasteiger partial charge in [0.25, 0.3) is 5.91 Å². The van der Waals surface area contributed by atoms with Crippen LogP contribution in [0.5, 0.6) is 0 Å². The smallest absolute Gasteiger partial charge is 0.253 e. The first-order valence-corrected chi connectivity index (χ1v) is 14.5. The fourth-order valence-electron chi connectivity index (χ4n) is 3.00. The van der Waals surface area contributed by atoms with Crippen LogP contribution in [-0.2, 0) is 11.3 Å². The van der Waals surface area contributed by atoms with Gasteiger partial charge in [-0.25, -0.2) is 0 Å². The molecule has 4 aromatic rings. The van der Waals surface area contributed by atoms with Gasteiger partial charge in [0.1, 0.15) is 0 Å². The minimum absolute atomic E-state index is 0.0980. The van der Waals surface area contributed by atoms with E-state index in [1.807, 2.05) is 41.8 Å². The molecule has 2 N–H and O–H groups in total. The van der Waals surface area contributed by atoms with Crippen molar-refractivity contribution in [3.05, 3.63) is 69.4 Å². The second-order valence-electron chi connectivity index (χ2n) is 7.02. The quantitative estimate of drug-likeness (QED) is 0.180. The van der Waals surface area contributed by atoms with E-state index < -0.39 is 0 Å². The Morgan fingerprint density at radius 2 is 1.89 bits per heavy atom. The fraction of sp³-hybridized carbons (Fsp3) is 0.182. The van der Waals surface area contributed by atoms with Crippen LogP contribution in [0.1, 0.15) is 23.1 Å². The topological polar surface area (TPSA) is 115 Å². The first-order valence-electron chi connectivity index (χ1n) is 10.6. The van der Waals surface area contributed by atoms with Gasteiger partial charge < -0.3 is 5.32 Å². The molecule has 2 aromatic carbocycles. The van der Waals surface area contributed by atoms with Gasteiger partial charge in [0.05, 0.1) is 22.9 Å². The number of rotatable bonds is 10. The number of aromatic nitrogens is 5. The second-order valence-corrected chi connectivity index (χ2v) is 11.8. The average Bonchev–Trinajstić information content (AvgIpc) is 3.50. The van der Waals surface area contributed by atoms with E-state index in [2.05, 4.69) is 47.0 Å². The third-order valence-electron chi connectivity index (χ3n) is 4.55. The average molecular weight is 625 g/mol. The van der Waals surface area contributed by atoms with E-state index in [4.69, 9.17) is 11.6 Å².